The van der Waals surface area contributed by atoms with Gasteiger partial charge in [0.1, 0.15) is 5.69 Å². The first-order valence-corrected chi connectivity index (χ1v) is 10.3. The van der Waals surface area contributed by atoms with Crippen LogP contribution in [0.15, 0.2) is 41.4 Å². The van der Waals surface area contributed by atoms with Crippen LogP contribution in [0.3, 0.4) is 0 Å². The SMILES string of the molecule is CC(C)CCNc1nccc(C(=O)NCCc2ccc(S(N)(=O)=O)cc2)n1. The standard InChI is InChI=1S/C18H25N5O3S/c1-13(2)7-10-21-18-22-12-9-16(23-18)17(24)20-11-8-14-3-5-15(6-4-14)27(19,25)26/h3-6,9,12-13H,7-8,10-11H2,1-2H3,(H,20,24)(H2,19,25,26)(H,21,22,23). The van der Waals surface area contributed by atoms with Crippen molar-refractivity contribution in [1.29, 1.82) is 0 Å². The van der Waals surface area contributed by atoms with E-state index in [4.69, 9.17) is 5.14 Å². The van der Waals surface area contributed by atoms with Gasteiger partial charge in [-0.05, 0) is 42.5 Å². The summed E-state index contributed by atoms with van der Waals surface area (Å²) in [7, 11) is -3.70. The third kappa shape index (κ3) is 6.95. The Kier molecular flexibility index (Phi) is 7.26. The number of nitrogens with one attached hydrogen (secondary N) is 2. The Labute approximate surface area is 159 Å². The van der Waals surface area contributed by atoms with E-state index >= 15 is 0 Å². The topological polar surface area (TPSA) is 127 Å². The van der Waals surface area contributed by atoms with E-state index in [1.807, 2.05) is 0 Å². The summed E-state index contributed by atoms with van der Waals surface area (Å²) in [6, 6.07) is 7.81. The van der Waals surface area contributed by atoms with Gasteiger partial charge in [-0.1, -0.05) is 26.0 Å². The number of amides is 1. The van der Waals surface area contributed by atoms with Crippen molar-refractivity contribution in [3.8, 4) is 0 Å². The average molecular weight is 391 g/mol. The van der Waals surface area contributed by atoms with Gasteiger partial charge in [0.2, 0.25) is 16.0 Å². The molecule has 0 bridgehead atoms. The van der Waals surface area contributed by atoms with Crippen LogP contribution in [0.25, 0.3) is 0 Å². The van der Waals surface area contributed by atoms with Crippen LogP contribution in [0.1, 0.15) is 36.3 Å². The van der Waals surface area contributed by atoms with Gasteiger partial charge in [-0.15, -0.1) is 0 Å². The van der Waals surface area contributed by atoms with Crippen molar-refractivity contribution in [1.82, 2.24) is 15.3 Å². The van der Waals surface area contributed by atoms with E-state index in [9.17, 15) is 13.2 Å². The minimum atomic E-state index is -3.70. The van der Waals surface area contributed by atoms with Gasteiger partial charge in [-0.25, -0.2) is 23.5 Å². The maximum absolute atomic E-state index is 12.2. The van der Waals surface area contributed by atoms with Gasteiger partial charge in [-0.3, -0.25) is 4.79 Å². The van der Waals surface area contributed by atoms with Gasteiger partial charge >= 0.3 is 0 Å². The molecule has 1 amide bonds. The number of carbonyl (C=O) groups excluding carboxylic acids is 1. The van der Waals surface area contributed by atoms with E-state index in [-0.39, 0.29) is 10.8 Å². The first kappa shape index (κ1) is 20.8. The second kappa shape index (κ2) is 9.43. The molecule has 2 aromatic rings. The summed E-state index contributed by atoms with van der Waals surface area (Å²) >= 11 is 0. The quantitative estimate of drug-likeness (QED) is 0.595. The molecule has 0 saturated carbocycles. The molecule has 0 aliphatic carbocycles. The highest BCUT2D eigenvalue weighted by atomic mass is 32.2. The van der Waals surface area contributed by atoms with Crippen molar-refractivity contribution >= 4 is 21.9 Å². The molecular formula is C18H25N5O3S. The van der Waals surface area contributed by atoms with Crippen molar-refractivity contribution in [3.05, 3.63) is 47.8 Å². The summed E-state index contributed by atoms with van der Waals surface area (Å²) in [6.45, 7) is 5.41. The largest absolute Gasteiger partial charge is 0.354 e. The zero-order chi connectivity index (χ0) is 19.9. The summed E-state index contributed by atoms with van der Waals surface area (Å²) in [6.07, 6.45) is 3.09. The van der Waals surface area contributed by atoms with Gasteiger partial charge in [0.05, 0.1) is 4.90 Å². The zero-order valence-electron chi connectivity index (χ0n) is 15.5. The summed E-state index contributed by atoms with van der Waals surface area (Å²) in [5, 5.41) is 11.0. The van der Waals surface area contributed by atoms with Crippen molar-refractivity contribution < 1.29 is 13.2 Å². The monoisotopic (exact) mass is 391 g/mol. The summed E-state index contributed by atoms with van der Waals surface area (Å²) in [4.78, 5) is 20.6. The molecule has 0 unspecified atom stereocenters. The predicted octanol–water partition coefficient (Wildman–Crippen LogP) is 1.55. The van der Waals surface area contributed by atoms with Gasteiger partial charge in [0.15, 0.2) is 0 Å². The lowest BCUT2D eigenvalue weighted by Crippen LogP contribution is -2.27. The molecule has 9 heteroatoms. The number of sulfonamides is 1. The minimum Gasteiger partial charge on any atom is -0.354 e. The number of hydrogen-bond donors (Lipinski definition) is 3. The van der Waals surface area contributed by atoms with E-state index < -0.39 is 10.0 Å². The second-order valence-corrected chi connectivity index (χ2v) is 8.13. The first-order chi connectivity index (χ1) is 12.8. The second-order valence-electron chi connectivity index (χ2n) is 6.57. The number of benzene rings is 1. The Morgan fingerprint density at radius 1 is 1.15 bits per heavy atom. The molecule has 8 nitrogen and oxygen atoms in total. The van der Waals surface area contributed by atoms with E-state index in [2.05, 4.69) is 34.4 Å². The van der Waals surface area contributed by atoms with E-state index in [0.29, 0.717) is 30.5 Å². The van der Waals surface area contributed by atoms with Crippen LogP contribution >= 0.6 is 0 Å². The highest BCUT2D eigenvalue weighted by molar-refractivity contribution is 7.89. The lowest BCUT2D eigenvalue weighted by atomic mass is 10.1. The Morgan fingerprint density at radius 3 is 2.48 bits per heavy atom. The molecular weight excluding hydrogens is 366 g/mol. The van der Waals surface area contributed by atoms with Crippen LogP contribution in [0, 0.1) is 5.92 Å². The molecule has 0 radical (unpaired) electrons. The number of hydrogen-bond acceptors (Lipinski definition) is 6. The number of primary sulfonamides is 1. The molecule has 0 aliphatic rings. The maximum atomic E-state index is 12.2. The fourth-order valence-corrected chi connectivity index (χ4v) is 2.82. The van der Waals surface area contributed by atoms with Gasteiger partial charge < -0.3 is 10.6 Å². The van der Waals surface area contributed by atoms with Crippen molar-refractivity contribution in [3.63, 3.8) is 0 Å². The zero-order valence-corrected chi connectivity index (χ0v) is 16.3. The molecule has 0 saturated heterocycles. The maximum Gasteiger partial charge on any atom is 0.270 e. The smallest absolute Gasteiger partial charge is 0.270 e. The van der Waals surface area contributed by atoms with Crippen LogP contribution in [0.5, 0.6) is 0 Å². The molecule has 1 aromatic heterocycles. The first-order valence-electron chi connectivity index (χ1n) is 8.72. The molecule has 0 fully saturated rings. The average Bonchev–Trinajstić information content (AvgIpc) is 2.61. The van der Waals surface area contributed by atoms with Crippen molar-refractivity contribution in [2.75, 3.05) is 18.4 Å². The molecule has 4 N–H and O–H groups in total. The molecule has 1 heterocycles. The summed E-state index contributed by atoms with van der Waals surface area (Å²) < 4.78 is 22.5. The van der Waals surface area contributed by atoms with Gasteiger partial charge in [0.25, 0.3) is 5.91 Å². The van der Waals surface area contributed by atoms with Crippen molar-refractivity contribution in [2.24, 2.45) is 11.1 Å². The minimum absolute atomic E-state index is 0.0637. The molecule has 1 aromatic carbocycles. The third-order valence-corrected chi connectivity index (χ3v) is 4.77. The predicted molar refractivity (Wildman–Crippen MR) is 104 cm³/mol. The summed E-state index contributed by atoms with van der Waals surface area (Å²) in [5.41, 5.74) is 1.18. The van der Waals surface area contributed by atoms with Gasteiger partial charge in [0, 0.05) is 19.3 Å². The van der Waals surface area contributed by atoms with Crippen LogP contribution in [0.4, 0.5) is 5.95 Å². The van der Waals surface area contributed by atoms with E-state index in [0.717, 1.165) is 18.5 Å². The number of nitrogens with zero attached hydrogens (tertiary/aromatic N) is 2. The molecule has 0 spiro atoms. The molecule has 0 aliphatic heterocycles. The molecule has 2 rings (SSSR count). The lowest BCUT2D eigenvalue weighted by Gasteiger charge is -2.09. The van der Waals surface area contributed by atoms with Gasteiger partial charge in [-0.2, -0.15) is 0 Å². The molecule has 27 heavy (non-hydrogen) atoms. The Hall–Kier alpha value is -2.52. The molecule has 0 atom stereocenters. The fraction of sp³-hybridized carbons (Fsp3) is 0.389. The van der Waals surface area contributed by atoms with Crippen LogP contribution in [0.2, 0.25) is 0 Å². The lowest BCUT2D eigenvalue weighted by molar-refractivity contribution is 0.0949. The number of aromatic nitrogens is 2. The Balaban J connectivity index is 1.85. The Morgan fingerprint density at radius 2 is 1.85 bits per heavy atom. The fourth-order valence-electron chi connectivity index (χ4n) is 2.30. The number of nitrogens with two attached hydrogens (primary N) is 1. The van der Waals surface area contributed by atoms with E-state index in [1.165, 1.54) is 12.1 Å². The number of rotatable bonds is 9. The normalized spacial score (nSPS) is 11.4. The molecule has 146 valence electrons. The number of carbonyl (C=O) groups is 1. The highest BCUT2D eigenvalue weighted by Crippen LogP contribution is 2.09. The van der Waals surface area contributed by atoms with Crippen LogP contribution in [-0.2, 0) is 16.4 Å². The van der Waals surface area contributed by atoms with E-state index in [1.54, 1.807) is 24.4 Å². The third-order valence-electron chi connectivity index (χ3n) is 3.84. The summed E-state index contributed by atoms with van der Waals surface area (Å²) in [5.74, 6) is 0.718. The Bertz CT molecular complexity index is 867. The van der Waals surface area contributed by atoms with Crippen LogP contribution in [-0.4, -0.2) is 37.4 Å². The van der Waals surface area contributed by atoms with Crippen molar-refractivity contribution in [2.45, 2.75) is 31.6 Å². The highest BCUT2D eigenvalue weighted by Gasteiger charge is 2.09. The number of anilines is 1. The van der Waals surface area contributed by atoms with Crippen LogP contribution < -0.4 is 15.8 Å².